The van der Waals surface area contributed by atoms with Crippen LogP contribution in [-0.4, -0.2) is 31.8 Å². The second-order valence-electron chi connectivity index (χ2n) is 5.32. The fraction of sp³-hybridized carbons (Fsp3) is 0.571. The summed E-state index contributed by atoms with van der Waals surface area (Å²) >= 11 is 0. The van der Waals surface area contributed by atoms with Crippen LogP contribution in [0.2, 0.25) is 0 Å². The first-order chi connectivity index (χ1) is 8.53. The first-order valence-electron chi connectivity index (χ1n) is 6.40. The Labute approximate surface area is 108 Å². The van der Waals surface area contributed by atoms with Crippen molar-refractivity contribution in [3.8, 4) is 0 Å². The lowest BCUT2D eigenvalue weighted by Crippen LogP contribution is -2.49. The zero-order chi connectivity index (χ0) is 13.2. The number of nitrogens with two attached hydrogens (primary N) is 1. The van der Waals surface area contributed by atoms with Crippen LogP contribution in [0, 0.1) is 5.82 Å². The largest absolute Gasteiger partial charge is 0.372 e. The SMILES string of the molecule is CC1(C)CN(c2c(F)cccc2CCN)CCO1. The molecule has 0 radical (unpaired) electrons. The first kappa shape index (κ1) is 13.3. The van der Waals surface area contributed by atoms with Crippen molar-refractivity contribution in [3.63, 3.8) is 0 Å². The molecule has 3 nitrogen and oxygen atoms in total. The van der Waals surface area contributed by atoms with Gasteiger partial charge in [0.15, 0.2) is 0 Å². The molecule has 18 heavy (non-hydrogen) atoms. The van der Waals surface area contributed by atoms with Crippen LogP contribution >= 0.6 is 0 Å². The van der Waals surface area contributed by atoms with Crippen molar-refractivity contribution in [2.24, 2.45) is 5.73 Å². The summed E-state index contributed by atoms with van der Waals surface area (Å²) in [6, 6.07) is 5.21. The number of nitrogens with zero attached hydrogens (tertiary/aromatic N) is 1. The number of hydrogen-bond acceptors (Lipinski definition) is 3. The Balaban J connectivity index is 2.31. The van der Waals surface area contributed by atoms with E-state index in [0.29, 0.717) is 31.8 Å². The molecule has 0 aliphatic carbocycles. The van der Waals surface area contributed by atoms with E-state index in [1.165, 1.54) is 6.07 Å². The summed E-state index contributed by atoms with van der Waals surface area (Å²) in [4.78, 5) is 2.07. The molecular weight excluding hydrogens is 231 g/mol. The molecule has 2 rings (SSSR count). The molecule has 0 atom stereocenters. The van der Waals surface area contributed by atoms with Gasteiger partial charge in [-0.1, -0.05) is 12.1 Å². The van der Waals surface area contributed by atoms with Gasteiger partial charge in [-0.25, -0.2) is 4.39 Å². The van der Waals surface area contributed by atoms with Crippen LogP contribution < -0.4 is 10.6 Å². The molecule has 0 spiro atoms. The Morgan fingerprint density at radius 3 is 2.89 bits per heavy atom. The number of benzene rings is 1. The van der Waals surface area contributed by atoms with E-state index >= 15 is 0 Å². The number of anilines is 1. The first-order valence-corrected chi connectivity index (χ1v) is 6.40. The summed E-state index contributed by atoms with van der Waals surface area (Å²) in [7, 11) is 0. The van der Waals surface area contributed by atoms with E-state index in [1.54, 1.807) is 6.07 Å². The summed E-state index contributed by atoms with van der Waals surface area (Å²) in [6.07, 6.45) is 0.699. The molecule has 1 fully saturated rings. The van der Waals surface area contributed by atoms with E-state index in [4.69, 9.17) is 10.5 Å². The van der Waals surface area contributed by atoms with E-state index in [0.717, 1.165) is 12.1 Å². The molecule has 100 valence electrons. The second kappa shape index (κ2) is 5.24. The highest BCUT2D eigenvalue weighted by molar-refractivity contribution is 5.55. The van der Waals surface area contributed by atoms with E-state index in [2.05, 4.69) is 4.90 Å². The zero-order valence-corrected chi connectivity index (χ0v) is 11.1. The fourth-order valence-corrected chi connectivity index (χ4v) is 2.48. The summed E-state index contributed by atoms with van der Waals surface area (Å²) < 4.78 is 19.8. The lowest BCUT2D eigenvalue weighted by molar-refractivity contribution is -0.0278. The number of morpholine rings is 1. The summed E-state index contributed by atoms with van der Waals surface area (Å²) in [5.74, 6) is -0.168. The van der Waals surface area contributed by atoms with Crippen molar-refractivity contribution in [3.05, 3.63) is 29.6 Å². The average molecular weight is 252 g/mol. The van der Waals surface area contributed by atoms with Crippen LogP contribution in [0.5, 0.6) is 0 Å². The molecule has 0 saturated carbocycles. The molecular formula is C14H21FN2O. The minimum Gasteiger partial charge on any atom is -0.372 e. The van der Waals surface area contributed by atoms with E-state index in [-0.39, 0.29) is 11.4 Å². The number of rotatable bonds is 3. The van der Waals surface area contributed by atoms with Crippen molar-refractivity contribution in [1.82, 2.24) is 0 Å². The Bertz CT molecular complexity index is 420. The molecule has 0 bridgehead atoms. The Morgan fingerprint density at radius 2 is 2.22 bits per heavy atom. The molecule has 2 N–H and O–H groups in total. The quantitative estimate of drug-likeness (QED) is 0.893. The molecule has 1 aromatic rings. The van der Waals surface area contributed by atoms with Gasteiger partial charge >= 0.3 is 0 Å². The average Bonchev–Trinajstić information content (AvgIpc) is 2.28. The minimum atomic E-state index is -0.236. The van der Waals surface area contributed by atoms with Gasteiger partial charge in [-0.05, 0) is 38.4 Å². The van der Waals surface area contributed by atoms with Crippen molar-refractivity contribution < 1.29 is 9.13 Å². The highest BCUT2D eigenvalue weighted by atomic mass is 19.1. The maximum absolute atomic E-state index is 14.1. The lowest BCUT2D eigenvalue weighted by Gasteiger charge is -2.40. The van der Waals surface area contributed by atoms with Crippen LogP contribution in [-0.2, 0) is 11.2 Å². The molecule has 1 aromatic carbocycles. The highest BCUT2D eigenvalue weighted by Gasteiger charge is 2.29. The molecule has 1 saturated heterocycles. The van der Waals surface area contributed by atoms with Crippen LogP contribution in [0.15, 0.2) is 18.2 Å². The molecule has 4 heteroatoms. The minimum absolute atomic E-state index is 0.168. The van der Waals surface area contributed by atoms with Crippen molar-refractivity contribution in [2.45, 2.75) is 25.9 Å². The molecule has 0 amide bonds. The summed E-state index contributed by atoms with van der Waals surface area (Å²) in [6.45, 7) is 6.65. The van der Waals surface area contributed by atoms with Gasteiger partial charge in [0.2, 0.25) is 0 Å². The molecule has 1 heterocycles. The van der Waals surface area contributed by atoms with Gasteiger partial charge in [0.05, 0.1) is 17.9 Å². The van der Waals surface area contributed by atoms with Gasteiger partial charge in [-0.2, -0.15) is 0 Å². The maximum Gasteiger partial charge on any atom is 0.146 e. The number of halogens is 1. The lowest BCUT2D eigenvalue weighted by atomic mass is 10.0. The van der Waals surface area contributed by atoms with Crippen molar-refractivity contribution in [1.29, 1.82) is 0 Å². The third-order valence-electron chi connectivity index (χ3n) is 3.23. The predicted octanol–water partition coefficient (Wildman–Crippen LogP) is 1.94. The van der Waals surface area contributed by atoms with Gasteiger partial charge in [0.1, 0.15) is 5.82 Å². The fourth-order valence-electron chi connectivity index (χ4n) is 2.48. The molecule has 1 aliphatic heterocycles. The molecule has 0 aromatic heterocycles. The predicted molar refractivity (Wildman–Crippen MR) is 71.4 cm³/mol. The molecule has 0 unspecified atom stereocenters. The second-order valence-corrected chi connectivity index (χ2v) is 5.32. The van der Waals surface area contributed by atoms with E-state index in [9.17, 15) is 4.39 Å². The van der Waals surface area contributed by atoms with Crippen molar-refractivity contribution in [2.75, 3.05) is 31.1 Å². The topological polar surface area (TPSA) is 38.5 Å². The van der Waals surface area contributed by atoms with Gasteiger partial charge in [0.25, 0.3) is 0 Å². The smallest absolute Gasteiger partial charge is 0.146 e. The van der Waals surface area contributed by atoms with E-state index < -0.39 is 0 Å². The maximum atomic E-state index is 14.1. The molecule has 1 aliphatic rings. The number of para-hydroxylation sites is 1. The Kier molecular flexibility index (Phi) is 3.88. The van der Waals surface area contributed by atoms with Crippen LogP contribution in [0.25, 0.3) is 0 Å². The Morgan fingerprint density at radius 1 is 1.44 bits per heavy atom. The highest BCUT2D eigenvalue weighted by Crippen LogP contribution is 2.29. The summed E-state index contributed by atoms with van der Waals surface area (Å²) in [5, 5.41) is 0. The summed E-state index contributed by atoms with van der Waals surface area (Å²) in [5.41, 5.74) is 7.04. The van der Waals surface area contributed by atoms with Crippen LogP contribution in [0.3, 0.4) is 0 Å². The zero-order valence-electron chi connectivity index (χ0n) is 11.1. The normalized spacial score (nSPS) is 19.0. The standard InChI is InChI=1S/C14H21FN2O/c1-14(2)10-17(8-9-18-14)13-11(6-7-16)4-3-5-12(13)15/h3-5H,6-10,16H2,1-2H3. The number of hydrogen-bond donors (Lipinski definition) is 1. The third kappa shape index (κ3) is 2.82. The van der Waals surface area contributed by atoms with Crippen LogP contribution in [0.4, 0.5) is 10.1 Å². The Hall–Kier alpha value is -1.13. The van der Waals surface area contributed by atoms with Crippen molar-refractivity contribution >= 4 is 5.69 Å². The van der Waals surface area contributed by atoms with Gasteiger partial charge < -0.3 is 15.4 Å². The van der Waals surface area contributed by atoms with Gasteiger partial charge in [-0.3, -0.25) is 0 Å². The van der Waals surface area contributed by atoms with Gasteiger partial charge in [0, 0.05) is 13.1 Å². The number of ether oxygens (including phenoxy) is 1. The van der Waals surface area contributed by atoms with Crippen LogP contribution in [0.1, 0.15) is 19.4 Å². The van der Waals surface area contributed by atoms with E-state index in [1.807, 2.05) is 19.9 Å². The third-order valence-corrected chi connectivity index (χ3v) is 3.23. The monoisotopic (exact) mass is 252 g/mol. The van der Waals surface area contributed by atoms with Gasteiger partial charge in [-0.15, -0.1) is 0 Å².